The van der Waals surface area contributed by atoms with Gasteiger partial charge in [0.1, 0.15) is 5.76 Å². The van der Waals surface area contributed by atoms with Gasteiger partial charge in [-0.1, -0.05) is 11.6 Å². The van der Waals surface area contributed by atoms with Gasteiger partial charge in [0.05, 0.1) is 22.7 Å². The Hall–Kier alpha value is -2.02. The minimum absolute atomic E-state index is 0.123. The molecule has 0 bridgehead atoms. The molecule has 4 rings (SSSR count). The Labute approximate surface area is 174 Å². The predicted octanol–water partition coefficient (Wildman–Crippen LogP) is 4.42. The van der Waals surface area contributed by atoms with Crippen LogP contribution in [0.3, 0.4) is 0 Å². The van der Waals surface area contributed by atoms with E-state index in [1.54, 1.807) is 17.6 Å². The molecule has 1 amide bonds. The van der Waals surface area contributed by atoms with Crippen LogP contribution in [0.25, 0.3) is 0 Å². The summed E-state index contributed by atoms with van der Waals surface area (Å²) in [5.74, 6) is 1.01. The molecule has 3 aromatic heterocycles. The maximum absolute atomic E-state index is 13.1. The summed E-state index contributed by atoms with van der Waals surface area (Å²) in [6.07, 6.45) is 1.68. The molecule has 1 aliphatic heterocycles. The van der Waals surface area contributed by atoms with Gasteiger partial charge in [0.2, 0.25) is 0 Å². The van der Waals surface area contributed by atoms with E-state index in [9.17, 15) is 4.79 Å². The molecule has 28 heavy (non-hydrogen) atoms. The lowest BCUT2D eigenvalue weighted by Crippen LogP contribution is -2.48. The summed E-state index contributed by atoms with van der Waals surface area (Å²) in [6.45, 7) is 8.86. The van der Waals surface area contributed by atoms with Gasteiger partial charge in [-0.3, -0.25) is 9.69 Å². The van der Waals surface area contributed by atoms with Crippen molar-refractivity contribution in [1.29, 1.82) is 0 Å². The molecule has 5 nitrogen and oxygen atoms in total. The van der Waals surface area contributed by atoms with Gasteiger partial charge in [0.15, 0.2) is 0 Å². The van der Waals surface area contributed by atoms with Crippen molar-refractivity contribution in [2.24, 2.45) is 0 Å². The van der Waals surface area contributed by atoms with Gasteiger partial charge in [-0.25, -0.2) is 0 Å². The first-order chi connectivity index (χ1) is 13.5. The molecule has 7 heteroatoms. The van der Waals surface area contributed by atoms with Crippen LogP contribution in [0.2, 0.25) is 4.34 Å². The Morgan fingerprint density at radius 1 is 1.14 bits per heavy atom. The third-order valence-corrected chi connectivity index (χ3v) is 6.58. The molecule has 3 aromatic rings. The van der Waals surface area contributed by atoms with Gasteiger partial charge in [-0.15, -0.1) is 11.3 Å². The maximum atomic E-state index is 13.1. The monoisotopic (exact) mass is 417 g/mol. The third kappa shape index (κ3) is 4.04. The molecular weight excluding hydrogens is 394 g/mol. The molecule has 4 heterocycles. The summed E-state index contributed by atoms with van der Waals surface area (Å²) in [7, 11) is 0. The number of amides is 1. The second-order valence-electron chi connectivity index (χ2n) is 7.22. The van der Waals surface area contributed by atoms with E-state index in [1.165, 1.54) is 4.88 Å². The number of piperazine rings is 1. The number of carbonyl (C=O) groups excluding carboxylic acids is 1. The zero-order chi connectivity index (χ0) is 19.7. The van der Waals surface area contributed by atoms with Crippen molar-refractivity contribution >= 4 is 28.8 Å². The minimum atomic E-state index is 0.123. The Morgan fingerprint density at radius 3 is 2.57 bits per heavy atom. The number of rotatable bonds is 5. The molecule has 0 unspecified atom stereocenters. The van der Waals surface area contributed by atoms with Crippen LogP contribution in [0.5, 0.6) is 0 Å². The number of hydrogen-bond donors (Lipinski definition) is 0. The zero-order valence-corrected chi connectivity index (χ0v) is 17.7. The van der Waals surface area contributed by atoms with Crippen LogP contribution in [0.15, 0.2) is 41.0 Å². The van der Waals surface area contributed by atoms with Gasteiger partial charge in [-0.05, 0) is 44.2 Å². The van der Waals surface area contributed by atoms with Crippen molar-refractivity contribution in [1.82, 2.24) is 14.4 Å². The second kappa shape index (κ2) is 8.15. The lowest BCUT2D eigenvalue weighted by Gasteiger charge is -2.34. The number of thiophene rings is 1. The normalized spacial score (nSPS) is 15.3. The molecule has 1 fully saturated rings. The van der Waals surface area contributed by atoms with E-state index < -0.39 is 0 Å². The first kappa shape index (κ1) is 19.3. The molecule has 0 aliphatic carbocycles. The Balaban J connectivity index is 1.40. The highest BCUT2D eigenvalue weighted by Gasteiger charge is 2.25. The summed E-state index contributed by atoms with van der Waals surface area (Å²) in [5, 5.41) is 0. The number of aryl methyl sites for hydroxylation is 1. The largest absolute Gasteiger partial charge is 0.467 e. The Morgan fingerprint density at radius 2 is 1.93 bits per heavy atom. The van der Waals surface area contributed by atoms with Crippen molar-refractivity contribution in [3.63, 3.8) is 0 Å². The van der Waals surface area contributed by atoms with E-state index in [0.29, 0.717) is 6.54 Å². The van der Waals surface area contributed by atoms with Crippen LogP contribution < -0.4 is 0 Å². The van der Waals surface area contributed by atoms with Gasteiger partial charge in [0.25, 0.3) is 5.91 Å². The quantitative estimate of drug-likeness (QED) is 0.617. The summed E-state index contributed by atoms with van der Waals surface area (Å²) in [6, 6.07) is 9.87. The van der Waals surface area contributed by atoms with Gasteiger partial charge in [0, 0.05) is 49.0 Å². The summed E-state index contributed by atoms with van der Waals surface area (Å²) >= 11 is 7.65. The second-order valence-corrected chi connectivity index (χ2v) is 9.02. The number of nitrogens with zero attached hydrogens (tertiary/aromatic N) is 3. The fraction of sp³-hybridized carbons (Fsp3) is 0.381. The van der Waals surface area contributed by atoms with Gasteiger partial charge < -0.3 is 13.9 Å². The summed E-state index contributed by atoms with van der Waals surface area (Å²) in [5.41, 5.74) is 2.86. The average molecular weight is 418 g/mol. The number of carbonyl (C=O) groups is 1. The van der Waals surface area contributed by atoms with Crippen LogP contribution in [-0.4, -0.2) is 46.5 Å². The average Bonchev–Trinajstić information content (AvgIpc) is 3.40. The highest BCUT2D eigenvalue weighted by molar-refractivity contribution is 7.16. The maximum Gasteiger partial charge on any atom is 0.255 e. The van der Waals surface area contributed by atoms with E-state index in [0.717, 1.165) is 59.8 Å². The molecule has 0 radical (unpaired) electrons. The van der Waals surface area contributed by atoms with Gasteiger partial charge in [-0.2, -0.15) is 0 Å². The lowest BCUT2D eigenvalue weighted by atomic mass is 10.2. The van der Waals surface area contributed by atoms with Crippen molar-refractivity contribution in [3.8, 4) is 0 Å². The van der Waals surface area contributed by atoms with E-state index in [-0.39, 0.29) is 5.91 Å². The molecule has 0 N–H and O–H groups in total. The molecule has 0 aromatic carbocycles. The van der Waals surface area contributed by atoms with E-state index in [1.807, 2.05) is 43.0 Å². The Kier molecular flexibility index (Phi) is 5.62. The first-order valence-electron chi connectivity index (χ1n) is 9.46. The number of hydrogen-bond acceptors (Lipinski definition) is 4. The molecule has 0 atom stereocenters. The van der Waals surface area contributed by atoms with Crippen LogP contribution >= 0.6 is 22.9 Å². The standard InChI is InChI=1S/C21H24ClN3O2S/c1-15-12-19(16(2)25(15)13-17-4-3-11-27-17)21(26)24-9-7-23(8-10-24)14-18-5-6-20(22)28-18/h3-6,11-12H,7-10,13-14H2,1-2H3. The summed E-state index contributed by atoms with van der Waals surface area (Å²) in [4.78, 5) is 18.7. The van der Waals surface area contributed by atoms with Crippen molar-refractivity contribution < 1.29 is 9.21 Å². The fourth-order valence-electron chi connectivity index (χ4n) is 3.76. The van der Waals surface area contributed by atoms with E-state index in [4.69, 9.17) is 16.0 Å². The number of aromatic nitrogens is 1. The topological polar surface area (TPSA) is 41.6 Å². The molecule has 0 spiro atoms. The summed E-state index contributed by atoms with van der Waals surface area (Å²) < 4.78 is 8.44. The first-order valence-corrected chi connectivity index (χ1v) is 10.7. The minimum Gasteiger partial charge on any atom is -0.467 e. The Bertz CT molecular complexity index is 953. The SMILES string of the molecule is Cc1cc(C(=O)N2CCN(Cc3ccc(Cl)s3)CC2)c(C)n1Cc1ccco1. The van der Waals surface area contributed by atoms with Crippen LogP contribution in [0, 0.1) is 13.8 Å². The zero-order valence-electron chi connectivity index (χ0n) is 16.2. The van der Waals surface area contributed by atoms with Crippen molar-refractivity contribution in [2.45, 2.75) is 26.9 Å². The number of furan rings is 1. The number of halogens is 1. The van der Waals surface area contributed by atoms with Crippen LogP contribution in [-0.2, 0) is 13.1 Å². The molecule has 1 aliphatic rings. The van der Waals surface area contributed by atoms with Crippen LogP contribution in [0.1, 0.15) is 32.4 Å². The lowest BCUT2D eigenvalue weighted by molar-refractivity contribution is 0.0629. The molecule has 1 saturated heterocycles. The molecule has 0 saturated carbocycles. The van der Waals surface area contributed by atoms with Gasteiger partial charge >= 0.3 is 0 Å². The fourth-order valence-corrected chi connectivity index (χ4v) is 4.89. The van der Waals surface area contributed by atoms with Crippen molar-refractivity contribution in [3.05, 3.63) is 68.5 Å². The molecular formula is C21H24ClN3O2S. The van der Waals surface area contributed by atoms with E-state index >= 15 is 0 Å². The molecule has 148 valence electrons. The smallest absolute Gasteiger partial charge is 0.255 e. The van der Waals surface area contributed by atoms with E-state index in [2.05, 4.69) is 15.5 Å². The predicted molar refractivity (Wildman–Crippen MR) is 112 cm³/mol. The van der Waals surface area contributed by atoms with Crippen LogP contribution in [0.4, 0.5) is 0 Å². The van der Waals surface area contributed by atoms with Crippen molar-refractivity contribution in [2.75, 3.05) is 26.2 Å². The highest BCUT2D eigenvalue weighted by Crippen LogP contribution is 2.24. The third-order valence-electron chi connectivity index (χ3n) is 5.37. The highest BCUT2D eigenvalue weighted by atomic mass is 35.5.